The van der Waals surface area contributed by atoms with Crippen LogP contribution in [-0.2, 0) is 0 Å². The number of hydrogen-bond acceptors (Lipinski definition) is 6. The van der Waals surface area contributed by atoms with Crippen LogP contribution in [0.1, 0.15) is 22.6 Å². The Morgan fingerprint density at radius 1 is 0.857 bits per heavy atom. The Morgan fingerprint density at radius 2 is 1.71 bits per heavy atom. The van der Waals surface area contributed by atoms with Crippen molar-refractivity contribution >= 4 is 16.4 Å². The highest BCUT2D eigenvalue weighted by Gasteiger charge is 2.34. The zero-order valence-electron chi connectivity index (χ0n) is 18.8. The van der Waals surface area contributed by atoms with Gasteiger partial charge in [-0.25, -0.2) is 14.5 Å². The second-order valence-electron chi connectivity index (χ2n) is 8.39. The average molecular weight is 457 g/mol. The third-order valence-electron chi connectivity index (χ3n) is 6.44. The Labute approximate surface area is 200 Å². The summed E-state index contributed by atoms with van der Waals surface area (Å²) in [4.78, 5) is 14.0. The maximum atomic E-state index is 6.37. The number of hydrogen-bond donors (Lipinski definition) is 0. The summed E-state index contributed by atoms with van der Waals surface area (Å²) in [5.41, 5.74) is 4.43. The second kappa shape index (κ2) is 7.63. The molecule has 1 atom stereocenters. The van der Waals surface area contributed by atoms with E-state index in [1.165, 1.54) is 0 Å². The second-order valence-corrected chi connectivity index (χ2v) is 8.39. The maximum absolute atomic E-state index is 6.37. The molecule has 3 aromatic carbocycles. The van der Waals surface area contributed by atoms with E-state index >= 15 is 0 Å². The smallest absolute Gasteiger partial charge is 0.228 e. The topological polar surface area (TPSA) is 74.4 Å². The minimum atomic E-state index is -0.164. The van der Waals surface area contributed by atoms with E-state index in [1.807, 2.05) is 42.5 Å². The van der Waals surface area contributed by atoms with Crippen LogP contribution in [-0.4, -0.2) is 31.7 Å². The van der Waals surface area contributed by atoms with E-state index in [4.69, 9.17) is 14.5 Å². The quantitative estimate of drug-likeness (QED) is 0.342. The number of pyridine rings is 1. The van der Waals surface area contributed by atoms with Gasteiger partial charge < -0.3 is 9.47 Å². The molecule has 0 saturated heterocycles. The van der Waals surface area contributed by atoms with Crippen molar-refractivity contribution in [2.75, 3.05) is 7.11 Å². The summed E-state index contributed by atoms with van der Waals surface area (Å²) in [6.07, 6.45) is 3.38. The lowest BCUT2D eigenvalue weighted by Crippen LogP contribution is -2.15. The van der Waals surface area contributed by atoms with Gasteiger partial charge >= 0.3 is 0 Å². The van der Waals surface area contributed by atoms with Gasteiger partial charge in [0.2, 0.25) is 11.7 Å². The number of methoxy groups -OCH3 is 1. The van der Waals surface area contributed by atoms with Gasteiger partial charge in [0, 0.05) is 17.7 Å². The maximum Gasteiger partial charge on any atom is 0.228 e. The number of rotatable bonds is 3. The van der Waals surface area contributed by atoms with Gasteiger partial charge in [-0.05, 0) is 46.7 Å². The van der Waals surface area contributed by atoms with Crippen molar-refractivity contribution in [3.63, 3.8) is 0 Å². The summed E-state index contributed by atoms with van der Waals surface area (Å²) in [7, 11) is 1.67. The molecular formula is C28H19N5O2. The Bertz CT molecular complexity index is 1710. The molecule has 7 rings (SSSR count). The number of nitrogens with zero attached hydrogens (tertiary/aromatic N) is 5. The first-order valence-electron chi connectivity index (χ1n) is 11.3. The van der Waals surface area contributed by atoms with Crippen molar-refractivity contribution in [3.8, 4) is 28.9 Å². The molecule has 4 heterocycles. The highest BCUT2D eigenvalue weighted by atomic mass is 16.5. The van der Waals surface area contributed by atoms with Crippen molar-refractivity contribution in [3.05, 3.63) is 108 Å². The highest BCUT2D eigenvalue weighted by molar-refractivity contribution is 5.91. The molecule has 0 fully saturated rings. The van der Waals surface area contributed by atoms with Gasteiger partial charge in [0.1, 0.15) is 23.5 Å². The van der Waals surface area contributed by atoms with E-state index in [0.717, 1.165) is 39.0 Å². The van der Waals surface area contributed by atoms with Gasteiger partial charge in [-0.1, -0.05) is 48.5 Å². The van der Waals surface area contributed by atoms with Gasteiger partial charge in [-0.2, -0.15) is 0 Å². The molecule has 3 aromatic heterocycles. The lowest BCUT2D eigenvalue weighted by Gasteiger charge is -2.29. The fourth-order valence-electron chi connectivity index (χ4n) is 4.84. The average Bonchev–Trinajstić information content (AvgIpc) is 3.37. The van der Waals surface area contributed by atoms with Crippen LogP contribution >= 0.6 is 0 Å². The molecular weight excluding hydrogens is 438 g/mol. The largest absolute Gasteiger partial charge is 0.497 e. The molecule has 0 radical (unpaired) electrons. The molecule has 0 N–H and O–H groups in total. The summed E-state index contributed by atoms with van der Waals surface area (Å²) in [6, 6.07) is 26.3. The van der Waals surface area contributed by atoms with E-state index < -0.39 is 0 Å². The van der Waals surface area contributed by atoms with E-state index in [-0.39, 0.29) is 5.92 Å². The van der Waals surface area contributed by atoms with Crippen molar-refractivity contribution in [2.24, 2.45) is 0 Å². The highest BCUT2D eigenvalue weighted by Crippen LogP contribution is 2.50. The van der Waals surface area contributed by atoms with Crippen molar-refractivity contribution in [2.45, 2.75) is 5.92 Å². The summed E-state index contributed by atoms with van der Waals surface area (Å²) >= 11 is 0. The van der Waals surface area contributed by atoms with Crippen LogP contribution in [0, 0.1) is 0 Å². The predicted octanol–water partition coefficient (Wildman–Crippen LogP) is 5.63. The molecule has 7 heteroatoms. The first-order chi connectivity index (χ1) is 17.3. The third-order valence-corrected chi connectivity index (χ3v) is 6.44. The molecule has 6 aromatic rings. The molecule has 0 aliphatic carbocycles. The molecule has 0 spiro atoms. The molecule has 0 amide bonds. The van der Waals surface area contributed by atoms with Gasteiger partial charge in [0.05, 0.1) is 12.7 Å². The first-order valence-corrected chi connectivity index (χ1v) is 11.3. The van der Waals surface area contributed by atoms with E-state index in [1.54, 1.807) is 24.1 Å². The van der Waals surface area contributed by atoms with E-state index in [9.17, 15) is 0 Å². The molecule has 1 aliphatic rings. The molecule has 0 saturated carbocycles. The summed E-state index contributed by atoms with van der Waals surface area (Å²) in [6.45, 7) is 0. The van der Waals surface area contributed by atoms with Gasteiger partial charge in [-0.3, -0.25) is 4.98 Å². The Hall–Kier alpha value is -4.78. The van der Waals surface area contributed by atoms with Crippen molar-refractivity contribution in [1.29, 1.82) is 0 Å². The monoisotopic (exact) mass is 457 g/mol. The Kier molecular flexibility index (Phi) is 4.29. The van der Waals surface area contributed by atoms with Crippen LogP contribution in [0.5, 0.6) is 17.4 Å². The molecule has 0 bridgehead atoms. The fraction of sp³-hybridized carbons (Fsp3) is 0.0714. The number of ether oxygens (including phenoxy) is 2. The standard InChI is InChI=1S/C28H19N5O2/c1-34-19-12-9-18(10-13-19)23-24-20-7-3-2-6-17(20)11-14-22(24)35-28-25(23)27-31-26(32-33(27)16-30-28)21-8-4-5-15-29-21/h2-16,23H,1H3/t23-/m1/s1. The van der Waals surface area contributed by atoms with Crippen LogP contribution in [0.3, 0.4) is 0 Å². The van der Waals surface area contributed by atoms with Crippen LogP contribution in [0.15, 0.2) is 91.4 Å². The van der Waals surface area contributed by atoms with Crippen LogP contribution in [0.2, 0.25) is 0 Å². The first kappa shape index (κ1) is 19.7. The normalized spacial score (nSPS) is 14.4. The zero-order chi connectivity index (χ0) is 23.4. The number of aromatic nitrogens is 5. The van der Waals surface area contributed by atoms with Gasteiger partial charge in [0.15, 0.2) is 5.65 Å². The van der Waals surface area contributed by atoms with Crippen molar-refractivity contribution in [1.82, 2.24) is 24.6 Å². The number of fused-ring (bicyclic) bond motifs is 6. The fourth-order valence-corrected chi connectivity index (χ4v) is 4.84. The zero-order valence-corrected chi connectivity index (χ0v) is 18.8. The van der Waals surface area contributed by atoms with E-state index in [2.05, 4.69) is 51.5 Å². The summed E-state index contributed by atoms with van der Waals surface area (Å²) < 4.78 is 13.5. The SMILES string of the molecule is COc1ccc([C@@H]2c3c(ccc4ccccc34)Oc3ncn4nc(-c5ccccn5)nc4c32)cc1. The lowest BCUT2D eigenvalue weighted by molar-refractivity contribution is 0.414. The van der Waals surface area contributed by atoms with Crippen LogP contribution in [0.4, 0.5) is 0 Å². The molecule has 35 heavy (non-hydrogen) atoms. The van der Waals surface area contributed by atoms with Gasteiger partial charge in [0.25, 0.3) is 0 Å². The minimum Gasteiger partial charge on any atom is -0.497 e. The predicted molar refractivity (Wildman–Crippen MR) is 132 cm³/mol. The van der Waals surface area contributed by atoms with Crippen molar-refractivity contribution < 1.29 is 9.47 Å². The molecule has 1 aliphatic heterocycles. The van der Waals surface area contributed by atoms with Gasteiger partial charge in [-0.15, -0.1) is 5.10 Å². The molecule has 0 unspecified atom stereocenters. The van der Waals surface area contributed by atoms with Crippen LogP contribution < -0.4 is 9.47 Å². The molecule has 168 valence electrons. The number of benzene rings is 3. The third kappa shape index (κ3) is 3.05. The Morgan fingerprint density at radius 3 is 2.54 bits per heavy atom. The summed E-state index contributed by atoms with van der Waals surface area (Å²) in [5, 5.41) is 6.94. The minimum absolute atomic E-state index is 0.164. The summed E-state index contributed by atoms with van der Waals surface area (Å²) in [5.74, 6) is 2.50. The Balaban J connectivity index is 1.53. The van der Waals surface area contributed by atoms with Crippen LogP contribution in [0.25, 0.3) is 27.9 Å². The lowest BCUT2D eigenvalue weighted by atomic mass is 9.81. The van der Waals surface area contributed by atoms with E-state index in [0.29, 0.717) is 23.0 Å². The molecule has 7 nitrogen and oxygen atoms in total.